The number of anilines is 1. The van der Waals surface area contributed by atoms with Gasteiger partial charge in [-0.3, -0.25) is 0 Å². The van der Waals surface area contributed by atoms with Crippen LogP contribution < -0.4 is 10.1 Å². The molecule has 1 N–H and O–H groups in total. The van der Waals surface area contributed by atoms with Crippen LogP contribution in [0.1, 0.15) is 0 Å². The van der Waals surface area contributed by atoms with Crippen LogP contribution in [-0.4, -0.2) is 17.0 Å². The summed E-state index contributed by atoms with van der Waals surface area (Å²) < 4.78 is 44.4. The molecule has 0 aliphatic heterocycles. The Balaban J connectivity index is 2.36. The van der Waals surface area contributed by atoms with Gasteiger partial charge in [0.15, 0.2) is 11.6 Å². The number of nitrogens with zero attached hydrogens (tertiary/aromatic N) is 2. The Bertz CT molecular complexity index is 577. The third kappa shape index (κ3) is 2.50. The van der Waals surface area contributed by atoms with Crippen LogP contribution in [0.5, 0.6) is 11.6 Å². The summed E-state index contributed by atoms with van der Waals surface area (Å²) >= 11 is 0. The topological polar surface area (TPSA) is 47.0 Å². The maximum atomic E-state index is 13.3. The average molecular weight is 255 g/mol. The number of halogens is 3. The van der Waals surface area contributed by atoms with E-state index in [2.05, 4.69) is 15.3 Å². The first-order valence-electron chi connectivity index (χ1n) is 4.93. The quantitative estimate of drug-likeness (QED) is 0.916. The second-order valence-corrected chi connectivity index (χ2v) is 3.27. The first-order chi connectivity index (χ1) is 8.60. The predicted octanol–water partition coefficient (Wildman–Crippen LogP) is 2.73. The highest BCUT2D eigenvalue weighted by atomic mass is 19.1. The summed E-state index contributed by atoms with van der Waals surface area (Å²) in [5, 5.41) is 2.57. The van der Waals surface area contributed by atoms with E-state index in [0.29, 0.717) is 0 Å². The SMILES string of the molecule is CNc1ncc(F)c(Oc2cc(F)ccc2F)n1. The largest absolute Gasteiger partial charge is 0.433 e. The molecule has 0 saturated carbocycles. The number of aromatic nitrogens is 2. The molecule has 1 heterocycles. The molecule has 0 aliphatic rings. The van der Waals surface area contributed by atoms with Crippen molar-refractivity contribution in [3.8, 4) is 11.6 Å². The van der Waals surface area contributed by atoms with Gasteiger partial charge in [-0.2, -0.15) is 9.37 Å². The molecular formula is C11H8F3N3O. The standard InChI is InChI=1S/C11H8F3N3O/c1-15-11-16-5-8(14)10(17-11)18-9-4-6(12)2-3-7(9)13/h2-5H,1H3,(H,15,16,17). The highest BCUT2D eigenvalue weighted by Crippen LogP contribution is 2.26. The highest BCUT2D eigenvalue weighted by molar-refractivity contribution is 5.32. The molecule has 2 rings (SSSR count). The Kier molecular flexibility index (Phi) is 3.31. The minimum absolute atomic E-state index is 0.100. The summed E-state index contributed by atoms with van der Waals surface area (Å²) in [4.78, 5) is 7.24. The Morgan fingerprint density at radius 2 is 1.94 bits per heavy atom. The second-order valence-electron chi connectivity index (χ2n) is 3.27. The first kappa shape index (κ1) is 12.2. The van der Waals surface area contributed by atoms with Gasteiger partial charge in [0.1, 0.15) is 5.82 Å². The summed E-state index contributed by atoms with van der Waals surface area (Å²) in [7, 11) is 1.53. The fraction of sp³-hybridized carbons (Fsp3) is 0.0909. The van der Waals surface area contributed by atoms with Crippen molar-refractivity contribution in [2.45, 2.75) is 0 Å². The van der Waals surface area contributed by atoms with Gasteiger partial charge in [0.05, 0.1) is 6.20 Å². The van der Waals surface area contributed by atoms with Gasteiger partial charge in [-0.25, -0.2) is 13.8 Å². The zero-order chi connectivity index (χ0) is 13.1. The fourth-order valence-corrected chi connectivity index (χ4v) is 1.20. The van der Waals surface area contributed by atoms with Crippen LogP contribution in [0.25, 0.3) is 0 Å². The third-order valence-corrected chi connectivity index (χ3v) is 2.04. The molecule has 0 amide bonds. The normalized spacial score (nSPS) is 10.2. The molecule has 1 aromatic carbocycles. The lowest BCUT2D eigenvalue weighted by Gasteiger charge is -2.07. The smallest absolute Gasteiger partial charge is 0.260 e. The van der Waals surface area contributed by atoms with E-state index >= 15 is 0 Å². The van der Waals surface area contributed by atoms with Gasteiger partial charge < -0.3 is 10.1 Å². The van der Waals surface area contributed by atoms with Crippen LogP contribution in [0, 0.1) is 17.5 Å². The summed E-state index contributed by atoms with van der Waals surface area (Å²) in [6.07, 6.45) is 0.866. The monoisotopic (exact) mass is 255 g/mol. The number of benzene rings is 1. The van der Waals surface area contributed by atoms with Crippen molar-refractivity contribution in [3.05, 3.63) is 41.8 Å². The Morgan fingerprint density at radius 3 is 2.67 bits per heavy atom. The molecule has 18 heavy (non-hydrogen) atoms. The van der Waals surface area contributed by atoms with Gasteiger partial charge in [-0.1, -0.05) is 0 Å². The molecule has 0 bridgehead atoms. The van der Waals surface area contributed by atoms with Crippen molar-refractivity contribution < 1.29 is 17.9 Å². The highest BCUT2D eigenvalue weighted by Gasteiger charge is 2.12. The maximum Gasteiger partial charge on any atom is 0.260 e. The van der Waals surface area contributed by atoms with Gasteiger partial charge in [0.2, 0.25) is 11.8 Å². The van der Waals surface area contributed by atoms with Crippen molar-refractivity contribution in [3.63, 3.8) is 0 Å². The van der Waals surface area contributed by atoms with Crippen molar-refractivity contribution in [2.75, 3.05) is 12.4 Å². The van der Waals surface area contributed by atoms with Crippen LogP contribution >= 0.6 is 0 Å². The van der Waals surface area contributed by atoms with E-state index in [1.54, 1.807) is 0 Å². The lowest BCUT2D eigenvalue weighted by atomic mass is 10.3. The van der Waals surface area contributed by atoms with E-state index in [-0.39, 0.29) is 5.95 Å². The summed E-state index contributed by atoms with van der Waals surface area (Å²) in [6.45, 7) is 0. The Labute approximate surface area is 100 Å². The molecule has 2 aromatic rings. The lowest BCUT2D eigenvalue weighted by molar-refractivity contribution is 0.393. The zero-order valence-corrected chi connectivity index (χ0v) is 9.25. The number of ether oxygens (including phenoxy) is 1. The van der Waals surface area contributed by atoms with Crippen LogP contribution in [-0.2, 0) is 0 Å². The van der Waals surface area contributed by atoms with Gasteiger partial charge in [-0.15, -0.1) is 0 Å². The second kappa shape index (κ2) is 4.91. The number of nitrogens with one attached hydrogen (secondary N) is 1. The van der Waals surface area contributed by atoms with E-state index in [4.69, 9.17) is 4.74 Å². The van der Waals surface area contributed by atoms with Crippen LogP contribution in [0.2, 0.25) is 0 Å². The minimum atomic E-state index is -0.877. The lowest BCUT2D eigenvalue weighted by Crippen LogP contribution is -2.01. The van der Waals surface area contributed by atoms with Gasteiger partial charge in [0.25, 0.3) is 5.88 Å². The summed E-state index contributed by atoms with van der Waals surface area (Å²) in [5.41, 5.74) is 0. The van der Waals surface area contributed by atoms with E-state index < -0.39 is 29.1 Å². The summed E-state index contributed by atoms with van der Waals surface area (Å²) in [5.74, 6) is -3.23. The van der Waals surface area contributed by atoms with Crippen LogP contribution in [0.3, 0.4) is 0 Å². The Morgan fingerprint density at radius 1 is 1.17 bits per heavy atom. The van der Waals surface area contributed by atoms with Crippen molar-refractivity contribution in [1.29, 1.82) is 0 Å². The van der Waals surface area contributed by atoms with Crippen molar-refractivity contribution >= 4 is 5.95 Å². The van der Waals surface area contributed by atoms with E-state index in [1.165, 1.54) is 7.05 Å². The molecule has 0 aliphatic carbocycles. The van der Waals surface area contributed by atoms with E-state index in [0.717, 1.165) is 24.4 Å². The molecule has 94 valence electrons. The summed E-state index contributed by atoms with van der Waals surface area (Å²) in [6, 6.07) is 2.61. The zero-order valence-electron chi connectivity index (χ0n) is 9.25. The third-order valence-electron chi connectivity index (χ3n) is 2.04. The Hall–Kier alpha value is -2.31. The maximum absolute atomic E-state index is 13.3. The molecule has 0 spiro atoms. The fourth-order valence-electron chi connectivity index (χ4n) is 1.20. The predicted molar refractivity (Wildman–Crippen MR) is 58.0 cm³/mol. The number of rotatable bonds is 3. The molecule has 0 saturated heterocycles. The molecule has 4 nitrogen and oxygen atoms in total. The van der Waals surface area contributed by atoms with E-state index in [1.807, 2.05) is 0 Å². The molecule has 7 heteroatoms. The number of hydrogen-bond donors (Lipinski definition) is 1. The molecule has 0 unspecified atom stereocenters. The minimum Gasteiger partial charge on any atom is -0.433 e. The molecular weight excluding hydrogens is 247 g/mol. The first-order valence-corrected chi connectivity index (χ1v) is 4.93. The molecule has 0 fully saturated rings. The molecule has 1 aromatic heterocycles. The molecule has 0 atom stereocenters. The number of hydrogen-bond acceptors (Lipinski definition) is 4. The van der Waals surface area contributed by atoms with Gasteiger partial charge in [-0.05, 0) is 12.1 Å². The van der Waals surface area contributed by atoms with Crippen molar-refractivity contribution in [2.24, 2.45) is 0 Å². The van der Waals surface area contributed by atoms with Gasteiger partial charge in [0, 0.05) is 13.1 Å². The van der Waals surface area contributed by atoms with Crippen LogP contribution in [0.15, 0.2) is 24.4 Å². The van der Waals surface area contributed by atoms with E-state index in [9.17, 15) is 13.2 Å². The van der Waals surface area contributed by atoms with Gasteiger partial charge >= 0.3 is 0 Å². The average Bonchev–Trinajstić information content (AvgIpc) is 2.36. The van der Waals surface area contributed by atoms with Crippen molar-refractivity contribution in [1.82, 2.24) is 9.97 Å². The molecule has 0 radical (unpaired) electrons. The van der Waals surface area contributed by atoms with Crippen LogP contribution in [0.4, 0.5) is 19.1 Å².